The van der Waals surface area contributed by atoms with Crippen LogP contribution < -0.4 is 0 Å². The van der Waals surface area contributed by atoms with E-state index in [1.165, 1.54) is 17.3 Å². The summed E-state index contributed by atoms with van der Waals surface area (Å²) in [5.41, 5.74) is 1.47. The maximum Gasteiger partial charge on any atom is 0.277 e. The Hall–Kier alpha value is -2.33. The van der Waals surface area contributed by atoms with Crippen LogP contribution in [0.1, 0.15) is 65.4 Å². The van der Waals surface area contributed by atoms with E-state index in [9.17, 15) is 10.1 Å². The number of carbonyl (C=O) groups excluding carboxylic acids is 1. The Labute approximate surface area is 183 Å². The number of carbonyl (C=O) groups is 1. The molecule has 0 N–H and O–H groups in total. The van der Waals surface area contributed by atoms with Crippen molar-refractivity contribution in [2.24, 2.45) is 0 Å². The molecule has 1 aliphatic carbocycles. The topological polar surface area (TPSA) is 83.0 Å². The first-order valence-electron chi connectivity index (χ1n) is 10.5. The molecule has 1 fully saturated rings. The molecule has 1 aromatic carbocycles. The largest absolute Gasteiger partial charge is 0.411 e. The highest BCUT2D eigenvalue weighted by Crippen LogP contribution is 2.35. The van der Waals surface area contributed by atoms with E-state index in [1.54, 1.807) is 11.9 Å². The van der Waals surface area contributed by atoms with E-state index in [0.717, 1.165) is 37.7 Å². The minimum atomic E-state index is -0.695. The Morgan fingerprint density at radius 2 is 1.83 bits per heavy atom. The molecule has 0 unspecified atom stereocenters. The molecule has 0 spiro atoms. The molecule has 0 saturated heterocycles. The van der Waals surface area contributed by atoms with E-state index >= 15 is 0 Å². The lowest BCUT2D eigenvalue weighted by atomic mass is 9.81. The number of hydrogen-bond donors (Lipinski definition) is 0. The van der Waals surface area contributed by atoms with Crippen molar-refractivity contribution in [3.8, 4) is 17.5 Å². The molecule has 1 heterocycles. The van der Waals surface area contributed by atoms with Crippen molar-refractivity contribution < 1.29 is 9.21 Å². The fourth-order valence-electron chi connectivity index (χ4n) is 3.83. The van der Waals surface area contributed by atoms with Gasteiger partial charge >= 0.3 is 0 Å². The molecule has 30 heavy (non-hydrogen) atoms. The monoisotopic (exact) mass is 426 g/mol. The zero-order valence-corrected chi connectivity index (χ0v) is 19.3. The number of hydrogen-bond acceptors (Lipinski definition) is 6. The van der Waals surface area contributed by atoms with Crippen LogP contribution in [0.4, 0.5) is 0 Å². The summed E-state index contributed by atoms with van der Waals surface area (Å²) >= 11 is 1.24. The SMILES string of the molecule is C[C@@H](Sc1nnc(-c2ccc(C(C)(C)C)cc2)o1)C(=O)N(C)C1(C#N)CCCCC1. The third-order valence-electron chi connectivity index (χ3n) is 5.89. The number of rotatable bonds is 5. The van der Waals surface area contributed by atoms with Crippen LogP contribution in [0.25, 0.3) is 11.5 Å². The summed E-state index contributed by atoms with van der Waals surface area (Å²) in [4.78, 5) is 14.6. The highest BCUT2D eigenvalue weighted by molar-refractivity contribution is 8.00. The van der Waals surface area contributed by atoms with Crippen molar-refractivity contribution in [1.82, 2.24) is 15.1 Å². The van der Waals surface area contributed by atoms with E-state index in [1.807, 2.05) is 19.1 Å². The van der Waals surface area contributed by atoms with E-state index in [2.05, 4.69) is 49.2 Å². The van der Waals surface area contributed by atoms with Crippen LogP contribution in [0.15, 0.2) is 33.9 Å². The molecule has 3 rings (SSSR count). The minimum Gasteiger partial charge on any atom is -0.411 e. The molecule has 6 nitrogen and oxygen atoms in total. The van der Waals surface area contributed by atoms with Gasteiger partial charge in [-0.15, -0.1) is 10.2 Å². The zero-order chi connectivity index (χ0) is 21.9. The molecule has 160 valence electrons. The fraction of sp³-hybridized carbons (Fsp3) is 0.565. The predicted molar refractivity (Wildman–Crippen MR) is 118 cm³/mol. The van der Waals surface area contributed by atoms with E-state index in [-0.39, 0.29) is 11.3 Å². The van der Waals surface area contributed by atoms with Crippen LogP contribution >= 0.6 is 11.8 Å². The predicted octanol–water partition coefficient (Wildman–Crippen LogP) is 5.20. The van der Waals surface area contributed by atoms with Gasteiger partial charge in [0.1, 0.15) is 5.54 Å². The number of amides is 1. The normalized spacial score (nSPS) is 17.2. The van der Waals surface area contributed by atoms with Gasteiger partial charge in [0.25, 0.3) is 5.22 Å². The average Bonchev–Trinajstić information content (AvgIpc) is 3.21. The fourth-order valence-corrected chi connectivity index (χ4v) is 4.61. The smallest absolute Gasteiger partial charge is 0.277 e. The van der Waals surface area contributed by atoms with Gasteiger partial charge in [-0.05, 0) is 42.9 Å². The van der Waals surface area contributed by atoms with Gasteiger partial charge in [-0.25, -0.2) is 0 Å². The summed E-state index contributed by atoms with van der Waals surface area (Å²) in [6, 6.07) is 10.5. The lowest BCUT2D eigenvalue weighted by Gasteiger charge is -2.39. The van der Waals surface area contributed by atoms with Crippen molar-refractivity contribution >= 4 is 17.7 Å². The second-order valence-corrected chi connectivity index (χ2v) is 10.4. The van der Waals surface area contributed by atoms with Crippen molar-refractivity contribution in [2.45, 2.75) is 81.2 Å². The van der Waals surface area contributed by atoms with Gasteiger partial charge in [0.05, 0.1) is 11.3 Å². The first-order chi connectivity index (χ1) is 14.2. The van der Waals surface area contributed by atoms with Gasteiger partial charge in [0.15, 0.2) is 0 Å². The maximum atomic E-state index is 13.0. The van der Waals surface area contributed by atoms with Crippen LogP contribution in [0.5, 0.6) is 0 Å². The van der Waals surface area contributed by atoms with Gasteiger partial charge in [-0.2, -0.15) is 5.26 Å². The Balaban J connectivity index is 1.68. The highest BCUT2D eigenvalue weighted by atomic mass is 32.2. The van der Waals surface area contributed by atoms with Crippen LogP contribution in [0, 0.1) is 11.3 Å². The lowest BCUT2D eigenvalue weighted by molar-refractivity contribution is -0.133. The van der Waals surface area contributed by atoms with Crippen molar-refractivity contribution in [1.29, 1.82) is 5.26 Å². The number of benzene rings is 1. The molecule has 1 aliphatic rings. The van der Waals surface area contributed by atoms with Crippen molar-refractivity contribution in [2.75, 3.05) is 7.05 Å². The van der Waals surface area contributed by atoms with Crippen LogP contribution in [0.3, 0.4) is 0 Å². The number of nitriles is 1. The summed E-state index contributed by atoms with van der Waals surface area (Å²) in [5, 5.41) is 17.9. The molecule has 0 aliphatic heterocycles. The Kier molecular flexibility index (Phi) is 6.56. The van der Waals surface area contributed by atoms with Gasteiger partial charge in [-0.1, -0.05) is 63.9 Å². The molecule has 2 aromatic rings. The molecule has 1 amide bonds. The second-order valence-electron chi connectivity index (χ2n) is 9.06. The van der Waals surface area contributed by atoms with Crippen LogP contribution in [-0.4, -0.2) is 38.8 Å². The quantitative estimate of drug-likeness (QED) is 0.611. The summed E-state index contributed by atoms with van der Waals surface area (Å²) in [6.45, 7) is 8.33. The molecular weight excluding hydrogens is 396 g/mol. The van der Waals surface area contributed by atoms with E-state index in [4.69, 9.17) is 4.42 Å². The van der Waals surface area contributed by atoms with Gasteiger partial charge in [0, 0.05) is 12.6 Å². The van der Waals surface area contributed by atoms with Crippen molar-refractivity contribution in [3.63, 3.8) is 0 Å². The second kappa shape index (κ2) is 8.81. The van der Waals surface area contributed by atoms with Crippen LogP contribution in [0.2, 0.25) is 0 Å². The molecule has 0 bridgehead atoms. The maximum absolute atomic E-state index is 13.0. The molecule has 1 aromatic heterocycles. The summed E-state index contributed by atoms with van der Waals surface area (Å²) in [6.07, 6.45) is 4.55. The van der Waals surface area contributed by atoms with Crippen LogP contribution in [-0.2, 0) is 10.2 Å². The molecule has 7 heteroatoms. The third kappa shape index (κ3) is 4.70. The Morgan fingerprint density at radius 3 is 2.40 bits per heavy atom. The average molecular weight is 427 g/mol. The summed E-state index contributed by atoms with van der Waals surface area (Å²) in [5.74, 6) is 0.351. The van der Waals surface area contributed by atoms with Gasteiger partial charge in [-0.3, -0.25) is 4.79 Å². The first-order valence-corrected chi connectivity index (χ1v) is 11.3. The number of aromatic nitrogens is 2. The highest BCUT2D eigenvalue weighted by Gasteiger charge is 2.40. The molecule has 0 radical (unpaired) electrons. The number of nitrogens with zero attached hydrogens (tertiary/aromatic N) is 4. The molecular formula is C23H30N4O2S. The van der Waals surface area contributed by atoms with Gasteiger partial charge < -0.3 is 9.32 Å². The lowest BCUT2D eigenvalue weighted by Crippen LogP contribution is -2.52. The van der Waals surface area contributed by atoms with Crippen molar-refractivity contribution in [3.05, 3.63) is 29.8 Å². The van der Waals surface area contributed by atoms with E-state index in [0.29, 0.717) is 11.1 Å². The Bertz CT molecular complexity index is 918. The Morgan fingerprint density at radius 1 is 1.20 bits per heavy atom. The summed E-state index contributed by atoms with van der Waals surface area (Å²) in [7, 11) is 1.74. The number of thioether (sulfide) groups is 1. The van der Waals surface area contributed by atoms with E-state index < -0.39 is 10.8 Å². The standard InChI is InChI=1S/C23H30N4O2S/c1-16(20(28)27(5)23(15-24)13-7-6-8-14-23)30-21-26-25-19(29-21)17-9-11-18(12-10-17)22(2,3)4/h9-12,16H,6-8,13-14H2,1-5H3/t16-/m1/s1. The van der Waals surface area contributed by atoms with Gasteiger partial charge in [0.2, 0.25) is 11.8 Å². The first kappa shape index (κ1) is 22.4. The zero-order valence-electron chi connectivity index (χ0n) is 18.4. The summed E-state index contributed by atoms with van der Waals surface area (Å²) < 4.78 is 5.80. The molecule has 1 atom stereocenters. The third-order valence-corrected chi connectivity index (χ3v) is 6.81. The minimum absolute atomic E-state index is 0.0787. The molecule has 1 saturated carbocycles.